The number of amides is 1. The van der Waals surface area contributed by atoms with Crippen molar-refractivity contribution >= 4 is 29.1 Å². The molecule has 1 aliphatic rings. The summed E-state index contributed by atoms with van der Waals surface area (Å²) in [6.07, 6.45) is 2.03. The van der Waals surface area contributed by atoms with Crippen molar-refractivity contribution in [1.82, 2.24) is 4.90 Å². The van der Waals surface area contributed by atoms with Crippen LogP contribution in [0.25, 0.3) is 22.1 Å². The normalized spacial score (nSPS) is 17.0. The zero-order valence-electron chi connectivity index (χ0n) is 18.3. The topological polar surface area (TPSA) is 105 Å². The van der Waals surface area contributed by atoms with Gasteiger partial charge in [0, 0.05) is 36.5 Å². The average Bonchev–Trinajstić information content (AvgIpc) is 2.79. The third-order valence-corrected chi connectivity index (χ3v) is 6.26. The van der Waals surface area contributed by atoms with E-state index in [9.17, 15) is 19.2 Å². The van der Waals surface area contributed by atoms with E-state index in [1.165, 1.54) is 6.07 Å². The summed E-state index contributed by atoms with van der Waals surface area (Å²) in [6.45, 7) is 2.76. The van der Waals surface area contributed by atoms with Crippen molar-refractivity contribution in [3.63, 3.8) is 0 Å². The van der Waals surface area contributed by atoms with Crippen LogP contribution in [-0.2, 0) is 14.4 Å². The molecule has 2 heterocycles. The Bertz CT molecular complexity index is 1280. The predicted octanol–water partition coefficient (Wildman–Crippen LogP) is 3.76. The molecule has 1 amide bonds. The third kappa shape index (κ3) is 4.72. The van der Waals surface area contributed by atoms with E-state index < -0.39 is 17.5 Å². The van der Waals surface area contributed by atoms with Gasteiger partial charge in [0.2, 0.25) is 5.91 Å². The standard InChI is InChI=1S/C26H25NO6/c1-16-5-2-3-7-19(16)21-13-25(31)33-23-12-18(8-9-20(21)23)22(15-28)26(32)27-10-4-6-17(14-27)11-24(29)30/h2-3,5,7-9,12-13,15,17,22H,4,6,10-11,14H2,1H3,(H,29,30). The highest BCUT2D eigenvalue weighted by Crippen LogP contribution is 2.32. The van der Waals surface area contributed by atoms with Gasteiger partial charge in [-0.1, -0.05) is 36.4 Å². The number of likely N-dealkylation sites (tertiary alicyclic amines) is 1. The maximum atomic E-state index is 13.2. The first-order valence-corrected chi connectivity index (χ1v) is 11.0. The summed E-state index contributed by atoms with van der Waals surface area (Å²) in [7, 11) is 0. The van der Waals surface area contributed by atoms with Crippen LogP contribution in [0, 0.1) is 12.8 Å². The quantitative estimate of drug-likeness (QED) is 0.350. The molecule has 1 fully saturated rings. The molecule has 1 saturated heterocycles. The fourth-order valence-electron chi connectivity index (χ4n) is 4.63. The number of nitrogens with zero attached hydrogens (tertiary/aromatic N) is 1. The first-order chi connectivity index (χ1) is 15.9. The van der Waals surface area contributed by atoms with Crippen LogP contribution >= 0.6 is 0 Å². The Morgan fingerprint density at radius 1 is 1.18 bits per heavy atom. The highest BCUT2D eigenvalue weighted by molar-refractivity contribution is 6.00. The van der Waals surface area contributed by atoms with Gasteiger partial charge in [-0.3, -0.25) is 9.59 Å². The van der Waals surface area contributed by atoms with Gasteiger partial charge < -0.3 is 19.2 Å². The van der Waals surface area contributed by atoms with Gasteiger partial charge in [0.25, 0.3) is 0 Å². The molecular formula is C26H25NO6. The number of aryl methyl sites for hydroxylation is 1. The Labute approximate surface area is 190 Å². The molecule has 3 aromatic rings. The van der Waals surface area contributed by atoms with Gasteiger partial charge in [-0.25, -0.2) is 4.79 Å². The molecular weight excluding hydrogens is 422 g/mol. The number of carbonyl (C=O) groups excluding carboxylic acids is 2. The molecule has 1 aromatic heterocycles. The molecule has 0 saturated carbocycles. The lowest BCUT2D eigenvalue weighted by Crippen LogP contribution is -2.43. The van der Waals surface area contributed by atoms with Crippen LogP contribution in [0.1, 0.15) is 36.3 Å². The molecule has 1 aliphatic heterocycles. The highest BCUT2D eigenvalue weighted by Gasteiger charge is 2.31. The Morgan fingerprint density at radius 2 is 1.97 bits per heavy atom. The Morgan fingerprint density at radius 3 is 2.70 bits per heavy atom. The number of benzene rings is 2. The zero-order chi connectivity index (χ0) is 23.5. The molecule has 0 radical (unpaired) electrons. The average molecular weight is 447 g/mol. The fraction of sp³-hybridized carbons (Fsp3) is 0.308. The number of hydrogen-bond acceptors (Lipinski definition) is 5. The second kappa shape index (κ2) is 9.40. The lowest BCUT2D eigenvalue weighted by molar-refractivity contribution is -0.141. The fourth-order valence-corrected chi connectivity index (χ4v) is 4.63. The maximum Gasteiger partial charge on any atom is 0.336 e. The molecule has 2 atom stereocenters. The van der Waals surface area contributed by atoms with E-state index >= 15 is 0 Å². The smallest absolute Gasteiger partial charge is 0.336 e. The largest absolute Gasteiger partial charge is 0.481 e. The number of rotatable bonds is 6. The second-order valence-corrected chi connectivity index (χ2v) is 8.55. The highest BCUT2D eigenvalue weighted by atomic mass is 16.4. The molecule has 170 valence electrons. The predicted molar refractivity (Wildman–Crippen MR) is 123 cm³/mol. The molecule has 7 heteroatoms. The van der Waals surface area contributed by atoms with Crippen LogP contribution in [-0.4, -0.2) is 41.3 Å². The minimum absolute atomic E-state index is 0.00164. The van der Waals surface area contributed by atoms with Crippen LogP contribution in [0.3, 0.4) is 0 Å². The van der Waals surface area contributed by atoms with Crippen molar-refractivity contribution < 1.29 is 23.9 Å². The van der Waals surface area contributed by atoms with Crippen LogP contribution < -0.4 is 5.63 Å². The number of piperidine rings is 1. The van der Waals surface area contributed by atoms with Gasteiger partial charge in [0.15, 0.2) is 0 Å². The number of carbonyl (C=O) groups is 3. The molecule has 1 N–H and O–H groups in total. The van der Waals surface area contributed by atoms with E-state index in [2.05, 4.69) is 0 Å². The lowest BCUT2D eigenvalue weighted by atomic mass is 9.91. The summed E-state index contributed by atoms with van der Waals surface area (Å²) in [6, 6.07) is 14.2. The molecule has 0 aliphatic carbocycles. The van der Waals surface area contributed by atoms with E-state index in [0.717, 1.165) is 23.1 Å². The number of fused-ring (bicyclic) bond motifs is 1. The van der Waals surface area contributed by atoms with Gasteiger partial charge in [-0.05, 0) is 48.4 Å². The monoisotopic (exact) mass is 447 g/mol. The van der Waals surface area contributed by atoms with Crippen LogP contribution in [0.5, 0.6) is 0 Å². The molecule has 0 bridgehead atoms. The summed E-state index contributed by atoms with van der Waals surface area (Å²) < 4.78 is 5.42. The van der Waals surface area contributed by atoms with Gasteiger partial charge >= 0.3 is 11.6 Å². The molecule has 4 rings (SSSR count). The van der Waals surface area contributed by atoms with E-state index in [1.807, 2.05) is 31.2 Å². The van der Waals surface area contributed by atoms with E-state index in [1.54, 1.807) is 23.1 Å². The minimum atomic E-state index is -1.05. The number of carboxylic acids is 1. The lowest BCUT2D eigenvalue weighted by Gasteiger charge is -2.33. The molecule has 7 nitrogen and oxygen atoms in total. The van der Waals surface area contributed by atoms with Crippen molar-refractivity contribution in [2.45, 2.75) is 32.1 Å². The Balaban J connectivity index is 1.68. The summed E-state index contributed by atoms with van der Waals surface area (Å²) >= 11 is 0. The summed E-state index contributed by atoms with van der Waals surface area (Å²) in [5.74, 6) is -2.43. The number of hydrogen-bond donors (Lipinski definition) is 1. The molecule has 33 heavy (non-hydrogen) atoms. The van der Waals surface area contributed by atoms with Gasteiger partial charge in [0.1, 0.15) is 17.8 Å². The molecule has 2 unspecified atom stereocenters. The van der Waals surface area contributed by atoms with Crippen molar-refractivity contribution in [3.8, 4) is 11.1 Å². The van der Waals surface area contributed by atoms with Crippen molar-refractivity contribution in [3.05, 3.63) is 70.1 Å². The van der Waals surface area contributed by atoms with Crippen LogP contribution in [0.2, 0.25) is 0 Å². The van der Waals surface area contributed by atoms with Crippen molar-refractivity contribution in [2.75, 3.05) is 13.1 Å². The minimum Gasteiger partial charge on any atom is -0.481 e. The van der Waals surface area contributed by atoms with Crippen molar-refractivity contribution in [1.29, 1.82) is 0 Å². The summed E-state index contributed by atoms with van der Waals surface area (Å²) in [4.78, 5) is 50.0. The van der Waals surface area contributed by atoms with E-state index in [-0.39, 0.29) is 18.2 Å². The van der Waals surface area contributed by atoms with E-state index in [0.29, 0.717) is 42.3 Å². The second-order valence-electron chi connectivity index (χ2n) is 8.55. The third-order valence-electron chi connectivity index (χ3n) is 6.26. The first-order valence-electron chi connectivity index (χ1n) is 11.0. The van der Waals surface area contributed by atoms with E-state index in [4.69, 9.17) is 9.52 Å². The SMILES string of the molecule is Cc1ccccc1-c1cc(=O)oc2cc(C(C=O)C(=O)N3CCCC(CC(=O)O)C3)ccc12. The first kappa shape index (κ1) is 22.5. The Hall–Kier alpha value is -3.74. The number of aldehydes is 1. The molecule has 2 aromatic carbocycles. The van der Waals surface area contributed by atoms with Gasteiger partial charge in [-0.15, -0.1) is 0 Å². The van der Waals surface area contributed by atoms with Crippen LogP contribution in [0.4, 0.5) is 0 Å². The Kier molecular flexibility index (Phi) is 6.40. The zero-order valence-corrected chi connectivity index (χ0v) is 18.3. The van der Waals surface area contributed by atoms with Crippen LogP contribution in [0.15, 0.2) is 57.7 Å². The number of aliphatic carboxylic acids is 1. The van der Waals surface area contributed by atoms with Gasteiger partial charge in [-0.2, -0.15) is 0 Å². The van der Waals surface area contributed by atoms with Crippen molar-refractivity contribution in [2.24, 2.45) is 5.92 Å². The summed E-state index contributed by atoms with van der Waals surface area (Å²) in [5.41, 5.74) is 2.87. The molecule has 0 spiro atoms. The summed E-state index contributed by atoms with van der Waals surface area (Å²) in [5, 5.41) is 9.79. The number of carboxylic acid groups (broad SMARTS) is 1. The maximum absolute atomic E-state index is 13.2. The van der Waals surface area contributed by atoms with Gasteiger partial charge in [0.05, 0.1) is 0 Å².